The van der Waals surface area contributed by atoms with Gasteiger partial charge in [0.15, 0.2) is 0 Å². The standard InChI is InChI=1S/C27H36F2N2/c1-8-10-11-20(9-2)17-31(25-14-22(28)12-13-23(25)29)18-24(30-7)21-15-26(3,4)19-27(5,6)16-21/h8-14,18,21H,2,7,15-17,19H2,1,3-6H3/b10-8-,20-11+,24-18-. The molecule has 0 unspecified atom stereocenters. The van der Waals surface area contributed by atoms with Crippen LogP contribution in [-0.4, -0.2) is 13.3 Å². The van der Waals surface area contributed by atoms with Crippen molar-refractivity contribution in [3.05, 3.63) is 78.2 Å². The molecule has 0 spiro atoms. The fourth-order valence-electron chi connectivity index (χ4n) is 5.00. The van der Waals surface area contributed by atoms with Gasteiger partial charge in [-0.1, -0.05) is 58.6 Å². The van der Waals surface area contributed by atoms with Crippen LogP contribution in [0.15, 0.2) is 71.5 Å². The van der Waals surface area contributed by atoms with Crippen LogP contribution in [0.1, 0.15) is 53.9 Å². The lowest BCUT2D eigenvalue weighted by Crippen LogP contribution is -2.35. The molecule has 0 aromatic heterocycles. The van der Waals surface area contributed by atoms with E-state index in [0.717, 1.165) is 42.7 Å². The Morgan fingerprint density at radius 2 is 1.84 bits per heavy atom. The van der Waals surface area contributed by atoms with E-state index in [4.69, 9.17) is 0 Å². The summed E-state index contributed by atoms with van der Waals surface area (Å²) in [7, 11) is 0. The van der Waals surface area contributed by atoms with E-state index in [9.17, 15) is 8.78 Å². The summed E-state index contributed by atoms with van der Waals surface area (Å²) in [5.74, 6) is -0.776. The fourth-order valence-corrected chi connectivity index (χ4v) is 5.00. The van der Waals surface area contributed by atoms with Crippen LogP contribution in [0.5, 0.6) is 0 Å². The maximum absolute atomic E-state index is 14.7. The van der Waals surface area contributed by atoms with Crippen LogP contribution in [0.2, 0.25) is 0 Å². The maximum Gasteiger partial charge on any atom is 0.147 e. The van der Waals surface area contributed by atoms with E-state index in [1.165, 1.54) is 6.07 Å². The smallest absolute Gasteiger partial charge is 0.147 e. The first-order chi connectivity index (χ1) is 14.5. The second-order valence-electron chi connectivity index (χ2n) is 10.0. The molecule has 0 saturated heterocycles. The van der Waals surface area contributed by atoms with Crippen LogP contribution >= 0.6 is 0 Å². The summed E-state index contributed by atoms with van der Waals surface area (Å²) >= 11 is 0. The highest BCUT2D eigenvalue weighted by molar-refractivity contribution is 5.54. The largest absolute Gasteiger partial charge is 0.339 e. The van der Waals surface area contributed by atoms with Gasteiger partial charge in [-0.2, -0.15) is 0 Å². The van der Waals surface area contributed by atoms with Gasteiger partial charge in [0.1, 0.15) is 11.6 Å². The van der Waals surface area contributed by atoms with Gasteiger partial charge >= 0.3 is 0 Å². The third-order valence-corrected chi connectivity index (χ3v) is 5.78. The Hall–Kier alpha value is -2.49. The molecule has 2 rings (SSSR count). The minimum Gasteiger partial charge on any atom is -0.339 e. The zero-order chi connectivity index (χ0) is 23.2. The first-order valence-electron chi connectivity index (χ1n) is 10.8. The second kappa shape index (κ2) is 10.2. The molecule has 1 saturated carbocycles. The molecule has 0 amide bonds. The van der Waals surface area contributed by atoms with Gasteiger partial charge in [-0.05, 0) is 61.4 Å². The Balaban J connectivity index is 2.53. The molecule has 2 nitrogen and oxygen atoms in total. The SMILES string of the molecule is C=C/C(=C\C=C/C)CN(/C=C(\N=C)C1CC(C)(C)CC(C)(C)C1)c1cc(F)ccc1F. The van der Waals surface area contributed by atoms with Crippen LogP contribution in [0.4, 0.5) is 14.5 Å². The molecule has 0 atom stereocenters. The maximum atomic E-state index is 14.7. The van der Waals surface area contributed by atoms with Crippen molar-refractivity contribution in [2.24, 2.45) is 21.7 Å². The topological polar surface area (TPSA) is 15.6 Å². The summed E-state index contributed by atoms with van der Waals surface area (Å²) in [5.41, 5.74) is 2.19. The molecule has 0 bridgehead atoms. The molecule has 31 heavy (non-hydrogen) atoms. The summed E-state index contributed by atoms with van der Waals surface area (Å²) in [6.07, 6.45) is 12.4. The molecule has 168 valence electrons. The van der Waals surface area contributed by atoms with Crippen LogP contribution in [0, 0.1) is 28.4 Å². The normalized spacial score (nSPS) is 19.5. The fraction of sp³-hybridized carbons (Fsp3) is 0.444. The minimum absolute atomic E-state index is 0.170. The number of aliphatic imine (C=N–C) groups is 1. The molecule has 1 aromatic rings. The van der Waals surface area contributed by atoms with Crippen molar-refractivity contribution in [1.82, 2.24) is 0 Å². The second-order valence-corrected chi connectivity index (χ2v) is 10.0. The van der Waals surface area contributed by atoms with Gasteiger partial charge in [-0.25, -0.2) is 8.78 Å². The monoisotopic (exact) mass is 426 g/mol. The van der Waals surface area contributed by atoms with Gasteiger partial charge in [0.05, 0.1) is 11.4 Å². The predicted octanol–water partition coefficient (Wildman–Crippen LogP) is 7.85. The minimum atomic E-state index is -0.486. The van der Waals surface area contributed by atoms with Crippen molar-refractivity contribution in [2.45, 2.75) is 53.9 Å². The van der Waals surface area contributed by atoms with E-state index in [1.807, 2.05) is 31.4 Å². The Kier molecular flexibility index (Phi) is 8.16. The predicted molar refractivity (Wildman–Crippen MR) is 129 cm³/mol. The molecule has 1 fully saturated rings. The van der Waals surface area contributed by atoms with Crippen molar-refractivity contribution in [3.63, 3.8) is 0 Å². The van der Waals surface area contributed by atoms with Crippen LogP contribution < -0.4 is 4.90 Å². The molecular weight excluding hydrogens is 390 g/mol. The molecule has 1 aliphatic carbocycles. The molecular formula is C27H36F2N2. The molecule has 0 N–H and O–H groups in total. The number of benzene rings is 1. The number of hydrogen-bond acceptors (Lipinski definition) is 2. The number of hydrogen-bond donors (Lipinski definition) is 0. The van der Waals surface area contributed by atoms with Crippen LogP contribution in [0.3, 0.4) is 0 Å². The number of nitrogens with zero attached hydrogens (tertiary/aromatic N) is 2. The van der Waals surface area contributed by atoms with Gasteiger partial charge in [-0.15, -0.1) is 0 Å². The average molecular weight is 427 g/mol. The Morgan fingerprint density at radius 3 is 2.39 bits per heavy atom. The van der Waals surface area contributed by atoms with Crippen molar-refractivity contribution in [1.29, 1.82) is 0 Å². The lowest BCUT2D eigenvalue weighted by Gasteiger charge is -2.45. The van der Waals surface area contributed by atoms with Gasteiger partial charge in [0.25, 0.3) is 0 Å². The van der Waals surface area contributed by atoms with E-state index in [1.54, 1.807) is 11.0 Å². The highest BCUT2D eigenvalue weighted by Gasteiger charge is 2.39. The molecule has 0 heterocycles. The van der Waals surface area contributed by atoms with Crippen molar-refractivity contribution in [2.75, 3.05) is 11.4 Å². The molecule has 0 radical (unpaired) electrons. The quantitative estimate of drug-likeness (QED) is 0.305. The number of allylic oxidation sites excluding steroid dienone is 4. The van der Waals surface area contributed by atoms with Crippen molar-refractivity contribution in [3.8, 4) is 0 Å². The van der Waals surface area contributed by atoms with E-state index in [-0.39, 0.29) is 22.4 Å². The number of anilines is 1. The first-order valence-corrected chi connectivity index (χ1v) is 10.8. The molecule has 4 heteroatoms. The van der Waals surface area contributed by atoms with E-state index >= 15 is 0 Å². The summed E-state index contributed by atoms with van der Waals surface area (Å²) < 4.78 is 28.7. The molecule has 1 aliphatic rings. The van der Waals surface area contributed by atoms with Crippen molar-refractivity contribution < 1.29 is 8.78 Å². The third-order valence-electron chi connectivity index (χ3n) is 5.78. The van der Waals surface area contributed by atoms with Gasteiger partial charge < -0.3 is 4.90 Å². The first kappa shape index (κ1) is 24.8. The zero-order valence-electron chi connectivity index (χ0n) is 19.6. The van der Waals surface area contributed by atoms with Crippen LogP contribution in [-0.2, 0) is 0 Å². The summed E-state index contributed by atoms with van der Waals surface area (Å²) in [5, 5.41) is 0. The average Bonchev–Trinajstić information content (AvgIpc) is 2.67. The third kappa shape index (κ3) is 7.02. The molecule has 1 aromatic carbocycles. The highest BCUT2D eigenvalue weighted by Crippen LogP contribution is 2.50. The van der Waals surface area contributed by atoms with Gasteiger partial charge in [-0.3, -0.25) is 4.99 Å². The van der Waals surface area contributed by atoms with Gasteiger partial charge in [0.2, 0.25) is 0 Å². The Morgan fingerprint density at radius 1 is 1.19 bits per heavy atom. The van der Waals surface area contributed by atoms with Crippen molar-refractivity contribution >= 4 is 12.4 Å². The summed E-state index contributed by atoms with van der Waals surface area (Å²) in [6.45, 7) is 19.1. The lowest BCUT2D eigenvalue weighted by molar-refractivity contribution is 0.0813. The summed E-state index contributed by atoms with van der Waals surface area (Å²) in [4.78, 5) is 6.07. The Labute approximate surface area is 186 Å². The molecule has 0 aliphatic heterocycles. The number of halogens is 2. The van der Waals surface area contributed by atoms with Gasteiger partial charge in [0, 0.05) is 24.7 Å². The van der Waals surface area contributed by atoms with E-state index in [2.05, 4.69) is 46.0 Å². The number of rotatable bonds is 8. The lowest BCUT2D eigenvalue weighted by atomic mass is 9.61. The Bertz CT molecular complexity index is 874. The zero-order valence-corrected chi connectivity index (χ0v) is 19.6. The summed E-state index contributed by atoms with van der Waals surface area (Å²) in [6, 6.07) is 3.50. The van der Waals surface area contributed by atoms with E-state index < -0.39 is 11.6 Å². The van der Waals surface area contributed by atoms with E-state index in [0.29, 0.717) is 6.54 Å². The highest BCUT2D eigenvalue weighted by atomic mass is 19.1. The van der Waals surface area contributed by atoms with Crippen LogP contribution in [0.25, 0.3) is 0 Å².